The molecule has 0 aliphatic carbocycles. The Balaban J connectivity index is 3.14. The molecule has 0 bridgehead atoms. The van der Waals surface area contributed by atoms with Crippen molar-refractivity contribution in [2.24, 2.45) is 0 Å². The van der Waals surface area contributed by atoms with Gasteiger partial charge in [-0.15, -0.1) is 0 Å². The van der Waals surface area contributed by atoms with Crippen LogP contribution in [-0.2, 0) is 6.54 Å². The predicted octanol–water partition coefficient (Wildman–Crippen LogP) is 2.65. The number of aromatic nitrogens is 1. The normalized spacial score (nSPS) is 10.6. The minimum atomic E-state index is 0.904. The highest BCUT2D eigenvalue weighted by molar-refractivity contribution is 5.51. The fourth-order valence-corrected chi connectivity index (χ4v) is 2.10. The lowest BCUT2D eigenvalue weighted by atomic mass is 10.1. The van der Waals surface area contributed by atoms with Gasteiger partial charge in [0.2, 0.25) is 0 Å². The van der Waals surface area contributed by atoms with Crippen LogP contribution in [0.25, 0.3) is 0 Å². The highest BCUT2D eigenvalue weighted by atomic mass is 15.2. The van der Waals surface area contributed by atoms with Crippen LogP contribution in [0.2, 0.25) is 0 Å². The van der Waals surface area contributed by atoms with Gasteiger partial charge in [0.25, 0.3) is 0 Å². The van der Waals surface area contributed by atoms with Gasteiger partial charge >= 0.3 is 0 Å². The van der Waals surface area contributed by atoms with Crippen LogP contribution < -0.4 is 10.2 Å². The third-order valence-electron chi connectivity index (χ3n) is 3.07. The van der Waals surface area contributed by atoms with Crippen molar-refractivity contribution in [1.29, 1.82) is 0 Å². The van der Waals surface area contributed by atoms with Crippen molar-refractivity contribution in [3.8, 4) is 0 Å². The molecule has 1 rings (SSSR count). The van der Waals surface area contributed by atoms with Crippen molar-refractivity contribution in [3.05, 3.63) is 22.9 Å². The standard InChI is InChI=1S/C14H25N3/c1-6-15-10-13-11(4)9-12(5)16-14(13)17(7-2)8-3/h9,15H,6-8,10H2,1-5H3. The second-order valence-electron chi connectivity index (χ2n) is 4.34. The lowest BCUT2D eigenvalue weighted by molar-refractivity contribution is 0.712. The van der Waals surface area contributed by atoms with Crippen molar-refractivity contribution in [2.75, 3.05) is 24.5 Å². The Morgan fingerprint density at radius 3 is 2.35 bits per heavy atom. The Kier molecular flexibility index (Phi) is 5.42. The van der Waals surface area contributed by atoms with E-state index < -0.39 is 0 Å². The molecular formula is C14H25N3. The molecule has 0 aliphatic rings. The fourth-order valence-electron chi connectivity index (χ4n) is 2.10. The Morgan fingerprint density at radius 2 is 1.82 bits per heavy atom. The van der Waals surface area contributed by atoms with Crippen LogP contribution >= 0.6 is 0 Å². The Labute approximate surface area is 105 Å². The molecule has 0 atom stereocenters. The summed E-state index contributed by atoms with van der Waals surface area (Å²) in [6.07, 6.45) is 0. The number of hydrogen-bond acceptors (Lipinski definition) is 3. The first-order valence-electron chi connectivity index (χ1n) is 6.56. The zero-order valence-corrected chi connectivity index (χ0v) is 11.8. The van der Waals surface area contributed by atoms with Crippen LogP contribution in [-0.4, -0.2) is 24.6 Å². The minimum Gasteiger partial charge on any atom is -0.357 e. The Bertz CT molecular complexity index is 357. The number of nitrogens with one attached hydrogen (secondary N) is 1. The van der Waals surface area contributed by atoms with Gasteiger partial charge in [-0.1, -0.05) is 6.92 Å². The quantitative estimate of drug-likeness (QED) is 0.821. The summed E-state index contributed by atoms with van der Waals surface area (Å²) < 4.78 is 0. The van der Waals surface area contributed by atoms with E-state index in [9.17, 15) is 0 Å². The molecule has 96 valence electrons. The molecule has 3 nitrogen and oxygen atoms in total. The maximum atomic E-state index is 4.71. The van der Waals surface area contributed by atoms with Crippen molar-refractivity contribution in [2.45, 2.75) is 41.2 Å². The average molecular weight is 235 g/mol. The van der Waals surface area contributed by atoms with Gasteiger partial charge < -0.3 is 10.2 Å². The predicted molar refractivity (Wildman–Crippen MR) is 74.7 cm³/mol. The Hall–Kier alpha value is -1.09. The number of aryl methyl sites for hydroxylation is 2. The number of anilines is 1. The average Bonchev–Trinajstić information content (AvgIpc) is 2.29. The zero-order valence-electron chi connectivity index (χ0n) is 11.8. The smallest absolute Gasteiger partial charge is 0.133 e. The van der Waals surface area contributed by atoms with Crippen LogP contribution in [0.5, 0.6) is 0 Å². The van der Waals surface area contributed by atoms with E-state index in [1.54, 1.807) is 0 Å². The maximum absolute atomic E-state index is 4.71. The van der Waals surface area contributed by atoms with Crippen LogP contribution in [0.15, 0.2) is 6.07 Å². The lowest BCUT2D eigenvalue weighted by Gasteiger charge is -2.24. The van der Waals surface area contributed by atoms with Crippen molar-refractivity contribution in [3.63, 3.8) is 0 Å². The molecule has 0 aliphatic heterocycles. The van der Waals surface area contributed by atoms with E-state index in [1.165, 1.54) is 11.1 Å². The topological polar surface area (TPSA) is 28.2 Å². The van der Waals surface area contributed by atoms with Crippen molar-refractivity contribution >= 4 is 5.82 Å². The molecule has 0 saturated carbocycles. The molecule has 0 radical (unpaired) electrons. The summed E-state index contributed by atoms with van der Waals surface area (Å²) in [5, 5.41) is 3.40. The highest BCUT2D eigenvalue weighted by Gasteiger charge is 2.12. The van der Waals surface area contributed by atoms with Gasteiger partial charge in [0.1, 0.15) is 5.82 Å². The summed E-state index contributed by atoms with van der Waals surface area (Å²) in [6.45, 7) is 14.6. The Morgan fingerprint density at radius 1 is 1.18 bits per heavy atom. The minimum absolute atomic E-state index is 0.904. The molecule has 1 aromatic heterocycles. The molecule has 17 heavy (non-hydrogen) atoms. The first-order valence-corrected chi connectivity index (χ1v) is 6.56. The van der Waals surface area contributed by atoms with E-state index in [2.05, 4.69) is 50.9 Å². The van der Waals surface area contributed by atoms with Gasteiger partial charge in [-0.25, -0.2) is 4.98 Å². The number of pyridine rings is 1. The van der Waals surface area contributed by atoms with Crippen LogP contribution in [0.1, 0.15) is 37.6 Å². The zero-order chi connectivity index (χ0) is 12.8. The van der Waals surface area contributed by atoms with Crippen molar-refractivity contribution < 1.29 is 0 Å². The molecule has 3 heteroatoms. The summed E-state index contributed by atoms with van der Waals surface area (Å²) in [6, 6.07) is 2.17. The fraction of sp³-hybridized carbons (Fsp3) is 0.643. The van der Waals surface area contributed by atoms with Gasteiger partial charge in [0.15, 0.2) is 0 Å². The van der Waals surface area contributed by atoms with Gasteiger partial charge in [-0.05, 0) is 45.9 Å². The van der Waals surface area contributed by atoms with Gasteiger partial charge in [0, 0.05) is 30.9 Å². The molecule has 1 N–H and O–H groups in total. The number of nitrogens with zero attached hydrogens (tertiary/aromatic N) is 2. The number of hydrogen-bond donors (Lipinski definition) is 1. The molecule has 1 heterocycles. The first-order chi connectivity index (χ1) is 8.13. The number of rotatable bonds is 6. The molecular weight excluding hydrogens is 210 g/mol. The molecule has 0 spiro atoms. The van der Waals surface area contributed by atoms with Crippen LogP contribution in [0, 0.1) is 13.8 Å². The summed E-state index contributed by atoms with van der Waals surface area (Å²) in [5.74, 6) is 1.15. The summed E-state index contributed by atoms with van der Waals surface area (Å²) in [7, 11) is 0. The third-order valence-corrected chi connectivity index (χ3v) is 3.07. The lowest BCUT2D eigenvalue weighted by Crippen LogP contribution is -2.26. The third kappa shape index (κ3) is 3.43. The molecule has 0 aromatic carbocycles. The molecule has 1 aromatic rings. The van der Waals surface area contributed by atoms with E-state index in [4.69, 9.17) is 4.98 Å². The van der Waals surface area contributed by atoms with Gasteiger partial charge in [-0.3, -0.25) is 0 Å². The molecule has 0 fully saturated rings. The highest BCUT2D eigenvalue weighted by Crippen LogP contribution is 2.22. The first kappa shape index (κ1) is 14.0. The second-order valence-corrected chi connectivity index (χ2v) is 4.34. The van der Waals surface area contributed by atoms with Gasteiger partial charge in [0.05, 0.1) is 0 Å². The van der Waals surface area contributed by atoms with Crippen molar-refractivity contribution in [1.82, 2.24) is 10.3 Å². The summed E-state index contributed by atoms with van der Waals surface area (Å²) in [4.78, 5) is 7.04. The van der Waals surface area contributed by atoms with Crippen LogP contribution in [0.3, 0.4) is 0 Å². The SMILES string of the molecule is CCNCc1c(C)cc(C)nc1N(CC)CC. The molecule has 0 amide bonds. The molecule has 0 unspecified atom stereocenters. The van der Waals surface area contributed by atoms with E-state index in [1.807, 2.05) is 0 Å². The maximum Gasteiger partial charge on any atom is 0.133 e. The van der Waals surface area contributed by atoms with E-state index >= 15 is 0 Å². The van der Waals surface area contributed by atoms with Gasteiger partial charge in [-0.2, -0.15) is 0 Å². The largest absolute Gasteiger partial charge is 0.357 e. The second kappa shape index (κ2) is 6.60. The van der Waals surface area contributed by atoms with E-state index in [0.29, 0.717) is 0 Å². The van der Waals surface area contributed by atoms with E-state index in [-0.39, 0.29) is 0 Å². The summed E-state index contributed by atoms with van der Waals surface area (Å²) in [5.41, 5.74) is 3.77. The van der Waals surface area contributed by atoms with E-state index in [0.717, 1.165) is 37.7 Å². The summed E-state index contributed by atoms with van der Waals surface area (Å²) >= 11 is 0. The van der Waals surface area contributed by atoms with Crippen LogP contribution in [0.4, 0.5) is 5.82 Å². The monoisotopic (exact) mass is 235 g/mol. The molecule has 0 saturated heterocycles.